The van der Waals surface area contributed by atoms with Gasteiger partial charge in [0, 0.05) is 29.8 Å². The highest BCUT2D eigenvalue weighted by Crippen LogP contribution is 2.21. The van der Waals surface area contributed by atoms with Crippen LogP contribution in [0.25, 0.3) is 0 Å². The average molecular weight is 383 g/mol. The number of hydrogen-bond donors (Lipinski definition) is 1. The lowest BCUT2D eigenvalue weighted by Gasteiger charge is -2.27. The zero-order valence-corrected chi connectivity index (χ0v) is 14.9. The fourth-order valence-electron chi connectivity index (χ4n) is 2.03. The van der Waals surface area contributed by atoms with Crippen molar-refractivity contribution in [1.29, 1.82) is 0 Å². The Morgan fingerprint density at radius 2 is 1.68 bits per heavy atom. The summed E-state index contributed by atoms with van der Waals surface area (Å²) in [5.41, 5.74) is 1.05. The molecule has 0 radical (unpaired) electrons. The number of likely N-dealkylation sites (N-methyl/N-ethyl adjacent to an activating group) is 1. The lowest BCUT2D eigenvalue weighted by atomic mass is 10.2. The molecule has 2 aromatic carbocycles. The van der Waals surface area contributed by atoms with Crippen LogP contribution in [0, 0.1) is 0 Å². The molecule has 0 bridgehead atoms. The minimum atomic E-state index is -3.53. The number of rotatable bonds is 6. The number of sulfonamides is 1. The summed E-state index contributed by atoms with van der Waals surface area (Å²) in [6.45, 7) is 2.31. The number of halogens is 1. The van der Waals surface area contributed by atoms with Gasteiger partial charge in [0.2, 0.25) is 10.0 Å². The Morgan fingerprint density at radius 3 is 2.32 bits per heavy atom. The van der Waals surface area contributed by atoms with Gasteiger partial charge in [-0.2, -0.15) is 0 Å². The Hall–Kier alpha value is -1.37. The van der Waals surface area contributed by atoms with Gasteiger partial charge >= 0.3 is 0 Å². The SMILES string of the molecule is C[C@H](CNS(=O)(=O)c1ccccc1Br)N(C)c1ccccc1. The molecule has 0 fully saturated rings. The maximum absolute atomic E-state index is 12.4. The molecule has 0 saturated carbocycles. The largest absolute Gasteiger partial charge is 0.371 e. The van der Waals surface area contributed by atoms with E-state index in [4.69, 9.17) is 0 Å². The molecule has 0 spiro atoms. The van der Waals surface area contributed by atoms with Crippen molar-refractivity contribution in [3.63, 3.8) is 0 Å². The summed E-state index contributed by atoms with van der Waals surface area (Å²) in [7, 11) is -1.57. The Balaban J connectivity index is 2.05. The first kappa shape index (κ1) is 17.0. The lowest BCUT2D eigenvalue weighted by Crippen LogP contribution is -2.40. The Labute approximate surface area is 140 Å². The predicted molar refractivity (Wildman–Crippen MR) is 93.6 cm³/mol. The number of para-hydroxylation sites is 1. The maximum atomic E-state index is 12.4. The fourth-order valence-corrected chi connectivity index (χ4v) is 4.15. The molecule has 0 aliphatic rings. The molecule has 1 atom stereocenters. The van der Waals surface area contributed by atoms with Gasteiger partial charge in [0.25, 0.3) is 0 Å². The van der Waals surface area contributed by atoms with Gasteiger partial charge in [-0.3, -0.25) is 0 Å². The summed E-state index contributed by atoms with van der Waals surface area (Å²) in [5.74, 6) is 0. The number of nitrogens with zero attached hydrogens (tertiary/aromatic N) is 1. The van der Waals surface area contributed by atoms with E-state index in [0.29, 0.717) is 11.0 Å². The number of benzene rings is 2. The first-order chi connectivity index (χ1) is 10.4. The van der Waals surface area contributed by atoms with E-state index in [1.807, 2.05) is 49.2 Å². The van der Waals surface area contributed by atoms with Crippen molar-refractivity contribution in [3.8, 4) is 0 Å². The quantitative estimate of drug-likeness (QED) is 0.833. The molecule has 0 aliphatic heterocycles. The van der Waals surface area contributed by atoms with E-state index in [1.54, 1.807) is 24.3 Å². The molecule has 2 aromatic rings. The fraction of sp³-hybridized carbons (Fsp3) is 0.250. The molecule has 0 amide bonds. The lowest BCUT2D eigenvalue weighted by molar-refractivity contribution is 0.569. The van der Waals surface area contributed by atoms with Crippen molar-refractivity contribution in [2.75, 3.05) is 18.5 Å². The first-order valence-corrected chi connectivity index (χ1v) is 9.21. The van der Waals surface area contributed by atoms with Crippen molar-refractivity contribution >= 4 is 31.6 Å². The van der Waals surface area contributed by atoms with Gasteiger partial charge in [0.15, 0.2) is 0 Å². The minimum Gasteiger partial charge on any atom is -0.371 e. The van der Waals surface area contributed by atoms with E-state index < -0.39 is 10.0 Å². The third kappa shape index (κ3) is 4.09. The molecule has 0 unspecified atom stereocenters. The molecular formula is C16H19BrN2O2S. The van der Waals surface area contributed by atoms with Gasteiger partial charge in [0.05, 0.1) is 4.90 Å². The summed E-state index contributed by atoms with van der Waals surface area (Å²) in [4.78, 5) is 2.30. The molecule has 0 saturated heterocycles. The normalized spacial score (nSPS) is 12.9. The highest BCUT2D eigenvalue weighted by Gasteiger charge is 2.19. The monoisotopic (exact) mass is 382 g/mol. The smallest absolute Gasteiger partial charge is 0.241 e. The van der Waals surface area contributed by atoms with E-state index in [1.165, 1.54) is 0 Å². The molecule has 4 nitrogen and oxygen atoms in total. The van der Waals surface area contributed by atoms with Crippen molar-refractivity contribution in [1.82, 2.24) is 4.72 Å². The zero-order chi connectivity index (χ0) is 16.2. The summed E-state index contributed by atoms with van der Waals surface area (Å²) < 4.78 is 27.9. The molecule has 22 heavy (non-hydrogen) atoms. The van der Waals surface area contributed by atoms with Crippen molar-refractivity contribution in [3.05, 3.63) is 59.1 Å². The van der Waals surface area contributed by atoms with Crippen LogP contribution in [0.5, 0.6) is 0 Å². The number of nitrogens with one attached hydrogen (secondary N) is 1. The summed E-state index contributed by atoms with van der Waals surface area (Å²) in [6.07, 6.45) is 0. The third-order valence-electron chi connectivity index (χ3n) is 3.52. The van der Waals surface area contributed by atoms with Crippen LogP contribution in [-0.4, -0.2) is 28.1 Å². The van der Waals surface area contributed by atoms with Crippen LogP contribution in [0.2, 0.25) is 0 Å². The summed E-state index contributed by atoms with van der Waals surface area (Å²) in [6, 6.07) is 16.7. The second kappa shape index (κ2) is 7.26. The average Bonchev–Trinajstić information content (AvgIpc) is 2.53. The molecule has 0 aliphatic carbocycles. The minimum absolute atomic E-state index is 0.0275. The second-order valence-electron chi connectivity index (χ2n) is 5.08. The van der Waals surface area contributed by atoms with E-state index in [-0.39, 0.29) is 10.9 Å². The second-order valence-corrected chi connectivity index (χ2v) is 7.67. The molecule has 0 heterocycles. The van der Waals surface area contributed by atoms with E-state index >= 15 is 0 Å². The highest BCUT2D eigenvalue weighted by atomic mass is 79.9. The van der Waals surface area contributed by atoms with Crippen molar-refractivity contribution in [2.24, 2.45) is 0 Å². The van der Waals surface area contributed by atoms with Gasteiger partial charge in [-0.1, -0.05) is 30.3 Å². The summed E-state index contributed by atoms with van der Waals surface area (Å²) in [5, 5.41) is 0. The molecule has 2 rings (SSSR count). The van der Waals surface area contributed by atoms with Crippen LogP contribution in [0.3, 0.4) is 0 Å². The molecule has 118 valence electrons. The Kier molecular flexibility index (Phi) is 5.61. The molecule has 0 aromatic heterocycles. The molecular weight excluding hydrogens is 364 g/mol. The van der Waals surface area contributed by atoms with Crippen LogP contribution in [-0.2, 0) is 10.0 Å². The van der Waals surface area contributed by atoms with E-state index in [0.717, 1.165) is 5.69 Å². The van der Waals surface area contributed by atoms with Gasteiger partial charge in [0.1, 0.15) is 0 Å². The number of hydrogen-bond acceptors (Lipinski definition) is 3. The highest BCUT2D eigenvalue weighted by molar-refractivity contribution is 9.10. The van der Waals surface area contributed by atoms with E-state index in [2.05, 4.69) is 20.7 Å². The maximum Gasteiger partial charge on any atom is 0.241 e. The molecule has 6 heteroatoms. The van der Waals surface area contributed by atoms with Crippen LogP contribution in [0.4, 0.5) is 5.69 Å². The van der Waals surface area contributed by atoms with Crippen LogP contribution < -0.4 is 9.62 Å². The van der Waals surface area contributed by atoms with Gasteiger partial charge in [-0.05, 0) is 47.1 Å². The van der Waals surface area contributed by atoms with Gasteiger partial charge < -0.3 is 4.90 Å². The Morgan fingerprint density at radius 1 is 1.09 bits per heavy atom. The van der Waals surface area contributed by atoms with Gasteiger partial charge in [-0.15, -0.1) is 0 Å². The third-order valence-corrected chi connectivity index (χ3v) is 5.96. The van der Waals surface area contributed by atoms with Crippen LogP contribution in [0.1, 0.15) is 6.92 Å². The summed E-state index contributed by atoms with van der Waals surface area (Å²) >= 11 is 3.28. The molecule has 1 N–H and O–H groups in total. The standard InChI is InChI=1S/C16H19BrN2O2S/c1-13(19(2)14-8-4-3-5-9-14)12-18-22(20,21)16-11-7-6-10-15(16)17/h3-11,13,18H,12H2,1-2H3/t13-/m1/s1. The van der Waals surface area contributed by atoms with Gasteiger partial charge in [-0.25, -0.2) is 13.1 Å². The van der Waals surface area contributed by atoms with Crippen LogP contribution in [0.15, 0.2) is 64.0 Å². The first-order valence-electron chi connectivity index (χ1n) is 6.94. The number of anilines is 1. The van der Waals surface area contributed by atoms with E-state index in [9.17, 15) is 8.42 Å². The van der Waals surface area contributed by atoms with Crippen LogP contribution >= 0.6 is 15.9 Å². The van der Waals surface area contributed by atoms with Crippen molar-refractivity contribution in [2.45, 2.75) is 17.9 Å². The Bertz CT molecular complexity index is 720. The zero-order valence-electron chi connectivity index (χ0n) is 12.5. The topological polar surface area (TPSA) is 49.4 Å². The predicted octanol–water partition coefficient (Wildman–Crippen LogP) is 3.25. The van der Waals surface area contributed by atoms with Crippen molar-refractivity contribution < 1.29 is 8.42 Å².